The Balaban J connectivity index is 0.000000250. The van der Waals surface area contributed by atoms with Gasteiger partial charge in [-0.25, -0.2) is 12.1 Å². The average Bonchev–Trinajstić information content (AvgIpc) is 1.76. The topological polar surface area (TPSA) is 0 Å². The minimum absolute atomic E-state index is 0. The number of hydrogen-bond acceptors (Lipinski definition) is 0. The Morgan fingerprint density at radius 2 is 1.50 bits per heavy atom. The molecule has 0 unspecified atom stereocenters. The fourth-order valence-electron chi connectivity index (χ4n) is 0.321. The van der Waals surface area contributed by atoms with Crippen molar-refractivity contribution >= 4 is 0 Å². The van der Waals surface area contributed by atoms with E-state index in [1.165, 1.54) is 0 Å². The predicted molar refractivity (Wildman–Crippen MR) is 24.8 cm³/mol. The summed E-state index contributed by atoms with van der Waals surface area (Å²) in [6.07, 6.45) is 0. The first-order chi connectivity index (χ1) is 2.50. The molecule has 0 saturated heterocycles. The molecule has 1 heteroatoms. The quantitative estimate of drug-likeness (QED) is 0.393. The van der Waals surface area contributed by atoms with E-state index in [-0.39, 0.29) is 21.1 Å². The van der Waals surface area contributed by atoms with E-state index in [1.54, 1.807) is 0 Å². The molecule has 0 aliphatic carbocycles. The van der Waals surface area contributed by atoms with Gasteiger partial charge in [-0.2, -0.15) is 18.2 Å². The summed E-state index contributed by atoms with van der Waals surface area (Å²) in [4.78, 5) is 0. The summed E-state index contributed by atoms with van der Waals surface area (Å²) in [5, 5.41) is 0. The minimum atomic E-state index is 0. The first kappa shape index (κ1) is 6.04. The van der Waals surface area contributed by atoms with Gasteiger partial charge in [0.15, 0.2) is 0 Å². The van der Waals surface area contributed by atoms with Gasteiger partial charge in [0, 0.05) is 0 Å². The van der Waals surface area contributed by atoms with Crippen LogP contribution >= 0.6 is 0 Å². The average molecular weight is 163 g/mol. The van der Waals surface area contributed by atoms with Gasteiger partial charge in [0.05, 0.1) is 0 Å². The molecular weight excluding hydrogens is 156 g/mol. The van der Waals surface area contributed by atoms with Crippen LogP contribution in [-0.2, 0) is 21.1 Å². The van der Waals surface area contributed by atoms with Crippen LogP contribution in [0.5, 0.6) is 0 Å². The summed E-state index contributed by atoms with van der Waals surface area (Å²) < 4.78 is 0. The molecule has 0 aromatic heterocycles. The Bertz CT molecular complexity index is 60.4. The van der Waals surface area contributed by atoms with Crippen LogP contribution in [0.25, 0.3) is 0 Å². The van der Waals surface area contributed by atoms with E-state index in [9.17, 15) is 0 Å². The fourth-order valence-corrected chi connectivity index (χ4v) is 0.321. The standard InChI is InChI=1S/C5H5.Mo.2H/c1-2-4-5-3-1;;;/h1-5H;;;/q-1;;;. The zero-order chi connectivity index (χ0) is 3.54. The summed E-state index contributed by atoms with van der Waals surface area (Å²) in [6, 6.07) is 10.0. The molecule has 0 amide bonds. The van der Waals surface area contributed by atoms with Gasteiger partial charge in [0.1, 0.15) is 0 Å². The van der Waals surface area contributed by atoms with Crippen LogP contribution in [0.2, 0.25) is 0 Å². The molecule has 1 rings (SSSR count). The van der Waals surface area contributed by atoms with Crippen molar-refractivity contribution in [2.24, 2.45) is 0 Å². The van der Waals surface area contributed by atoms with Crippen molar-refractivity contribution in [2.75, 3.05) is 0 Å². The Labute approximate surface area is 51.8 Å². The third-order valence-corrected chi connectivity index (χ3v) is 0.556. The van der Waals surface area contributed by atoms with E-state index in [4.69, 9.17) is 0 Å². The van der Waals surface area contributed by atoms with Crippen LogP contribution in [0, 0.1) is 0 Å². The maximum atomic E-state index is 2.00. The summed E-state index contributed by atoms with van der Waals surface area (Å²) >= 11 is 0. The van der Waals surface area contributed by atoms with Crippen LogP contribution in [0.1, 0.15) is 0 Å². The fraction of sp³-hybridized carbons (Fsp3) is 0. The van der Waals surface area contributed by atoms with E-state index in [1.807, 2.05) is 30.3 Å². The zero-order valence-electron chi connectivity index (χ0n) is 3.39. The molecule has 0 saturated carbocycles. The first-order valence-electron chi connectivity index (χ1n) is 1.67. The van der Waals surface area contributed by atoms with Crippen molar-refractivity contribution in [1.82, 2.24) is 0 Å². The van der Waals surface area contributed by atoms with Gasteiger partial charge in [-0.3, -0.25) is 0 Å². The molecule has 6 heavy (non-hydrogen) atoms. The van der Waals surface area contributed by atoms with Crippen LogP contribution in [-0.4, -0.2) is 0 Å². The second-order valence-electron chi connectivity index (χ2n) is 0.962. The first-order valence-corrected chi connectivity index (χ1v) is 1.67. The molecule has 0 fully saturated rings. The second-order valence-corrected chi connectivity index (χ2v) is 0.962. The molecular formula is C5H7Mo-. The third-order valence-electron chi connectivity index (χ3n) is 0.556. The van der Waals surface area contributed by atoms with E-state index < -0.39 is 0 Å². The molecule has 34 valence electrons. The number of rotatable bonds is 0. The summed E-state index contributed by atoms with van der Waals surface area (Å²) in [6.45, 7) is 0. The van der Waals surface area contributed by atoms with E-state index >= 15 is 0 Å². The zero-order valence-corrected chi connectivity index (χ0v) is 5.84. The van der Waals surface area contributed by atoms with Crippen LogP contribution in [0.4, 0.5) is 0 Å². The summed E-state index contributed by atoms with van der Waals surface area (Å²) in [5.74, 6) is 0. The van der Waals surface area contributed by atoms with E-state index in [0.717, 1.165) is 0 Å². The summed E-state index contributed by atoms with van der Waals surface area (Å²) in [7, 11) is 0. The number of hydrogen-bond donors (Lipinski definition) is 0. The molecule has 0 heterocycles. The molecule has 1 aromatic rings. The maximum absolute atomic E-state index is 2.00. The van der Waals surface area contributed by atoms with Crippen molar-refractivity contribution in [3.8, 4) is 0 Å². The molecule has 1 aromatic carbocycles. The van der Waals surface area contributed by atoms with Crippen LogP contribution in [0.3, 0.4) is 0 Å². The van der Waals surface area contributed by atoms with Gasteiger partial charge in [-0.1, -0.05) is 0 Å². The SMILES string of the molecule is [MoH2].c1cc[cH-]c1. The molecule has 0 aliphatic rings. The third kappa shape index (κ3) is 1.47. The predicted octanol–water partition coefficient (Wildman–Crippen LogP) is 0.868. The maximum Gasteiger partial charge on any atom is -0.172 e. The van der Waals surface area contributed by atoms with E-state index in [0.29, 0.717) is 0 Å². The van der Waals surface area contributed by atoms with Crippen molar-refractivity contribution in [1.29, 1.82) is 0 Å². The van der Waals surface area contributed by atoms with Crippen LogP contribution < -0.4 is 0 Å². The second kappa shape index (κ2) is 3.24. The van der Waals surface area contributed by atoms with Crippen molar-refractivity contribution in [3.05, 3.63) is 30.3 Å². The van der Waals surface area contributed by atoms with Gasteiger partial charge in [-0.05, 0) is 0 Å². The Hall–Kier alpha value is 0.0383. The molecule has 0 aliphatic heterocycles. The molecule has 0 spiro atoms. The summed E-state index contributed by atoms with van der Waals surface area (Å²) in [5.41, 5.74) is 0. The van der Waals surface area contributed by atoms with Gasteiger partial charge < -0.3 is 0 Å². The van der Waals surface area contributed by atoms with Gasteiger partial charge in [0.25, 0.3) is 0 Å². The minimum Gasteiger partial charge on any atom is -0.214 e. The molecule has 0 bridgehead atoms. The smallest absolute Gasteiger partial charge is 0.172 e. The van der Waals surface area contributed by atoms with Gasteiger partial charge >= 0.3 is 21.1 Å². The van der Waals surface area contributed by atoms with Gasteiger partial charge in [0.2, 0.25) is 0 Å². The largest absolute Gasteiger partial charge is 0.214 e. The molecule has 0 nitrogen and oxygen atoms in total. The van der Waals surface area contributed by atoms with Gasteiger partial charge in [-0.15, -0.1) is 0 Å². The van der Waals surface area contributed by atoms with Crippen LogP contribution in [0.15, 0.2) is 30.3 Å². The molecule has 0 radical (unpaired) electrons. The molecule has 0 atom stereocenters. The Kier molecular flexibility index (Phi) is 3.26. The van der Waals surface area contributed by atoms with Crippen molar-refractivity contribution in [3.63, 3.8) is 0 Å². The monoisotopic (exact) mass is 165 g/mol. The molecule has 0 N–H and O–H groups in total. The van der Waals surface area contributed by atoms with Crippen molar-refractivity contribution in [2.45, 2.75) is 0 Å². The Morgan fingerprint density at radius 3 is 1.67 bits per heavy atom. The van der Waals surface area contributed by atoms with Crippen molar-refractivity contribution < 1.29 is 21.1 Å². The Morgan fingerprint density at radius 1 is 1.00 bits per heavy atom. The normalized spacial score (nSPS) is 6.67. The van der Waals surface area contributed by atoms with E-state index in [2.05, 4.69) is 0 Å².